The standard InChI is InChI=1S/C31H32Cl2N6O2S/c32-26-18-23(22-6-10-25(11-7-22)41-17-16-38-14-2-1-3-15-38)8-12-28(26)34-30(40)20-42-31-35-36-37-39(31)29-13-9-24(19-27(29)33)21-4-5-21/h6-13,18-19,21H,1-5,14-17,20H2,(H,34,40). The van der Waals surface area contributed by atoms with Crippen molar-refractivity contribution >= 4 is 46.6 Å². The Hall–Kier alpha value is -3.11. The van der Waals surface area contributed by atoms with Crippen molar-refractivity contribution in [2.75, 3.05) is 37.3 Å². The summed E-state index contributed by atoms with van der Waals surface area (Å²) in [6.07, 6.45) is 6.30. The normalized spacial score (nSPS) is 15.5. The van der Waals surface area contributed by atoms with E-state index in [4.69, 9.17) is 27.9 Å². The van der Waals surface area contributed by atoms with Gasteiger partial charge in [0.1, 0.15) is 12.4 Å². The second-order valence-corrected chi connectivity index (χ2v) is 12.4. The summed E-state index contributed by atoms with van der Waals surface area (Å²) >= 11 is 14.3. The van der Waals surface area contributed by atoms with Gasteiger partial charge in [0.15, 0.2) is 0 Å². The molecule has 0 unspecified atom stereocenters. The van der Waals surface area contributed by atoms with E-state index >= 15 is 0 Å². The van der Waals surface area contributed by atoms with Crippen LogP contribution in [0.5, 0.6) is 5.75 Å². The molecule has 3 aromatic carbocycles. The number of piperidine rings is 1. The predicted octanol–water partition coefficient (Wildman–Crippen LogP) is 7.11. The number of nitrogens with zero attached hydrogens (tertiary/aromatic N) is 5. The quantitative estimate of drug-likeness (QED) is 0.178. The number of aromatic nitrogens is 4. The highest BCUT2D eigenvalue weighted by molar-refractivity contribution is 7.99. The number of tetrazole rings is 1. The second-order valence-electron chi connectivity index (χ2n) is 10.7. The highest BCUT2D eigenvalue weighted by Crippen LogP contribution is 2.41. The average molecular weight is 624 g/mol. The maximum atomic E-state index is 12.8. The largest absolute Gasteiger partial charge is 0.492 e. The van der Waals surface area contributed by atoms with E-state index < -0.39 is 0 Å². The molecule has 0 spiro atoms. The average Bonchev–Trinajstić information content (AvgIpc) is 3.76. The highest BCUT2D eigenvalue weighted by Gasteiger charge is 2.24. The van der Waals surface area contributed by atoms with Crippen LogP contribution in [0.3, 0.4) is 0 Å². The van der Waals surface area contributed by atoms with E-state index in [0.29, 0.717) is 39.1 Å². The van der Waals surface area contributed by atoms with Gasteiger partial charge < -0.3 is 10.1 Å². The fourth-order valence-corrected chi connectivity index (χ4v) is 6.30. The molecule has 1 saturated carbocycles. The van der Waals surface area contributed by atoms with Crippen molar-refractivity contribution in [3.8, 4) is 22.6 Å². The Morgan fingerprint density at radius 1 is 0.952 bits per heavy atom. The zero-order chi connectivity index (χ0) is 28.9. The second kappa shape index (κ2) is 13.5. The van der Waals surface area contributed by atoms with Crippen molar-refractivity contribution in [2.24, 2.45) is 0 Å². The first-order valence-electron chi connectivity index (χ1n) is 14.3. The lowest BCUT2D eigenvalue weighted by atomic mass is 10.1. The van der Waals surface area contributed by atoms with Gasteiger partial charge in [-0.2, -0.15) is 4.68 Å². The molecule has 0 atom stereocenters. The maximum absolute atomic E-state index is 12.8. The van der Waals surface area contributed by atoms with Crippen LogP contribution in [0.25, 0.3) is 16.8 Å². The van der Waals surface area contributed by atoms with Crippen LogP contribution < -0.4 is 10.1 Å². The number of nitrogens with one attached hydrogen (secondary N) is 1. The van der Waals surface area contributed by atoms with Crippen molar-refractivity contribution < 1.29 is 9.53 Å². The van der Waals surface area contributed by atoms with Gasteiger partial charge in [0.05, 0.1) is 27.2 Å². The molecule has 42 heavy (non-hydrogen) atoms. The van der Waals surface area contributed by atoms with Crippen LogP contribution in [0.15, 0.2) is 65.8 Å². The van der Waals surface area contributed by atoms with Gasteiger partial charge in [0, 0.05) is 6.54 Å². The molecule has 0 bridgehead atoms. The van der Waals surface area contributed by atoms with Crippen molar-refractivity contribution in [1.82, 2.24) is 25.1 Å². The lowest BCUT2D eigenvalue weighted by molar-refractivity contribution is -0.113. The zero-order valence-corrected chi connectivity index (χ0v) is 25.5. The van der Waals surface area contributed by atoms with Crippen LogP contribution in [-0.4, -0.2) is 63.0 Å². The fraction of sp³-hybridized carbons (Fsp3) is 0.355. The van der Waals surface area contributed by atoms with E-state index in [2.05, 4.69) is 31.8 Å². The fourth-order valence-electron chi connectivity index (χ4n) is 5.12. The first-order valence-corrected chi connectivity index (χ1v) is 16.0. The van der Waals surface area contributed by atoms with E-state index in [1.165, 1.54) is 62.5 Å². The molecule has 8 nitrogen and oxygen atoms in total. The molecule has 1 aliphatic carbocycles. The summed E-state index contributed by atoms with van der Waals surface area (Å²) in [7, 11) is 0. The number of hydrogen-bond donors (Lipinski definition) is 1. The Morgan fingerprint density at radius 3 is 2.48 bits per heavy atom. The van der Waals surface area contributed by atoms with Crippen molar-refractivity contribution in [2.45, 2.75) is 43.2 Å². The third-order valence-corrected chi connectivity index (χ3v) is 9.11. The molecule has 1 N–H and O–H groups in total. The summed E-state index contributed by atoms with van der Waals surface area (Å²) in [5, 5.41) is 16.3. The Bertz CT molecular complexity index is 1540. The third kappa shape index (κ3) is 7.26. The summed E-state index contributed by atoms with van der Waals surface area (Å²) in [4.78, 5) is 15.2. The van der Waals surface area contributed by atoms with Crippen LogP contribution in [0.2, 0.25) is 10.0 Å². The summed E-state index contributed by atoms with van der Waals surface area (Å²) in [5.41, 5.74) is 4.44. The number of hydrogen-bond acceptors (Lipinski definition) is 7. The Kier molecular flexibility index (Phi) is 9.29. The van der Waals surface area contributed by atoms with Gasteiger partial charge in [0.25, 0.3) is 0 Å². The number of amides is 1. The van der Waals surface area contributed by atoms with E-state index in [9.17, 15) is 4.79 Å². The molecule has 1 amide bonds. The van der Waals surface area contributed by atoms with E-state index in [-0.39, 0.29) is 11.7 Å². The maximum Gasteiger partial charge on any atom is 0.234 e. The van der Waals surface area contributed by atoms with E-state index in [1.807, 2.05) is 54.6 Å². The first-order chi connectivity index (χ1) is 20.5. The molecule has 2 aliphatic rings. The lowest BCUT2D eigenvalue weighted by Crippen LogP contribution is -2.33. The smallest absolute Gasteiger partial charge is 0.234 e. The molecule has 1 saturated heterocycles. The van der Waals surface area contributed by atoms with E-state index in [0.717, 1.165) is 23.4 Å². The molecule has 2 heterocycles. The number of halogens is 2. The monoisotopic (exact) mass is 622 g/mol. The number of carbonyl (C=O) groups excluding carboxylic acids is 1. The van der Waals surface area contributed by atoms with Crippen LogP contribution in [0, 0.1) is 0 Å². The molecule has 1 aliphatic heterocycles. The molecule has 0 radical (unpaired) electrons. The summed E-state index contributed by atoms with van der Waals surface area (Å²) in [6, 6.07) is 19.6. The number of carbonyl (C=O) groups is 1. The van der Waals surface area contributed by atoms with Crippen molar-refractivity contribution in [3.63, 3.8) is 0 Å². The number of anilines is 1. The van der Waals surface area contributed by atoms with Gasteiger partial charge in [-0.25, -0.2) is 0 Å². The van der Waals surface area contributed by atoms with Gasteiger partial charge in [-0.1, -0.05) is 65.7 Å². The van der Waals surface area contributed by atoms with Gasteiger partial charge >= 0.3 is 0 Å². The number of thioether (sulfide) groups is 1. The van der Waals surface area contributed by atoms with Crippen molar-refractivity contribution in [3.05, 3.63) is 76.3 Å². The van der Waals surface area contributed by atoms with Crippen LogP contribution in [0.1, 0.15) is 43.6 Å². The summed E-state index contributed by atoms with van der Waals surface area (Å²) in [6.45, 7) is 3.99. The van der Waals surface area contributed by atoms with Gasteiger partial charge in [-0.05, 0) is 108 Å². The third-order valence-electron chi connectivity index (χ3n) is 7.58. The minimum Gasteiger partial charge on any atom is -0.492 e. The van der Waals surface area contributed by atoms with Crippen molar-refractivity contribution in [1.29, 1.82) is 0 Å². The van der Waals surface area contributed by atoms with E-state index in [1.54, 1.807) is 4.68 Å². The van der Waals surface area contributed by atoms with Gasteiger partial charge in [0.2, 0.25) is 11.1 Å². The molecule has 1 aromatic heterocycles. The molecule has 11 heteroatoms. The Labute approximate surface area is 259 Å². The minimum atomic E-state index is -0.217. The van der Waals surface area contributed by atoms with Gasteiger partial charge in [-0.3, -0.25) is 9.69 Å². The predicted molar refractivity (Wildman–Crippen MR) is 168 cm³/mol. The number of ether oxygens (including phenoxy) is 1. The molecule has 2 fully saturated rings. The zero-order valence-electron chi connectivity index (χ0n) is 23.1. The van der Waals surface area contributed by atoms with Crippen LogP contribution in [0.4, 0.5) is 5.69 Å². The molecular formula is C31H32Cl2N6O2S. The summed E-state index contributed by atoms with van der Waals surface area (Å²) in [5.74, 6) is 1.34. The minimum absolute atomic E-state index is 0.107. The lowest BCUT2D eigenvalue weighted by Gasteiger charge is -2.26. The first kappa shape index (κ1) is 29.0. The summed E-state index contributed by atoms with van der Waals surface area (Å²) < 4.78 is 7.51. The van der Waals surface area contributed by atoms with Gasteiger partial charge in [-0.15, -0.1) is 5.10 Å². The number of likely N-dealkylation sites (tertiary alicyclic amines) is 1. The van der Waals surface area contributed by atoms with Crippen LogP contribution in [-0.2, 0) is 4.79 Å². The Morgan fingerprint density at radius 2 is 1.74 bits per heavy atom. The molecule has 4 aromatic rings. The number of benzene rings is 3. The molecule has 218 valence electrons. The topological polar surface area (TPSA) is 85.2 Å². The van der Waals surface area contributed by atoms with Crippen LogP contribution >= 0.6 is 35.0 Å². The number of rotatable bonds is 11. The Balaban J connectivity index is 1.01. The highest BCUT2D eigenvalue weighted by atomic mass is 35.5. The molecular weight excluding hydrogens is 591 g/mol. The molecule has 6 rings (SSSR count). The SMILES string of the molecule is O=C(CSc1nnnn1-c1ccc(C2CC2)cc1Cl)Nc1ccc(-c2ccc(OCCN3CCCCC3)cc2)cc1Cl.